The van der Waals surface area contributed by atoms with Crippen molar-refractivity contribution in [2.24, 2.45) is 0 Å². The molecule has 132 valence electrons. The number of rotatable bonds is 5. The number of amides is 1. The molecule has 2 atom stereocenters. The normalized spacial score (nSPS) is 22.8. The van der Waals surface area contributed by atoms with Crippen LogP contribution in [0.25, 0.3) is 0 Å². The monoisotopic (exact) mass is 337 g/mol. The molecule has 1 amide bonds. The summed E-state index contributed by atoms with van der Waals surface area (Å²) in [5, 5.41) is 3.18. The predicted octanol–water partition coefficient (Wildman–Crippen LogP) is 4.61. The second-order valence-electron chi connectivity index (χ2n) is 7.30. The van der Waals surface area contributed by atoms with Gasteiger partial charge in [0.15, 0.2) is 6.54 Å². The number of quaternary nitrogens is 1. The third kappa shape index (κ3) is 3.62. The average Bonchev–Trinajstić information content (AvgIpc) is 3.03. The molecule has 0 aliphatic carbocycles. The molecule has 3 rings (SSSR count). The summed E-state index contributed by atoms with van der Waals surface area (Å²) in [6, 6.07) is 17.3. The number of para-hydroxylation sites is 1. The summed E-state index contributed by atoms with van der Waals surface area (Å²) in [5.41, 5.74) is 4.58. The van der Waals surface area contributed by atoms with Crippen molar-refractivity contribution in [3.63, 3.8) is 0 Å². The number of aryl methyl sites for hydroxylation is 2. The quantitative estimate of drug-likeness (QED) is 0.793. The molecule has 2 aromatic rings. The van der Waals surface area contributed by atoms with Crippen LogP contribution in [-0.4, -0.2) is 30.0 Å². The first-order valence-corrected chi connectivity index (χ1v) is 9.32. The van der Waals surface area contributed by atoms with Gasteiger partial charge in [0, 0.05) is 24.1 Å². The molecule has 3 nitrogen and oxygen atoms in total. The Balaban J connectivity index is 1.80. The molecule has 1 aliphatic heterocycles. The second-order valence-corrected chi connectivity index (χ2v) is 7.30. The van der Waals surface area contributed by atoms with Gasteiger partial charge >= 0.3 is 0 Å². The van der Waals surface area contributed by atoms with Crippen LogP contribution in [0.5, 0.6) is 0 Å². The van der Waals surface area contributed by atoms with Gasteiger partial charge in [-0.05, 0) is 31.9 Å². The van der Waals surface area contributed by atoms with E-state index < -0.39 is 0 Å². The molecular weight excluding hydrogens is 308 g/mol. The molecule has 0 radical (unpaired) electrons. The van der Waals surface area contributed by atoms with Gasteiger partial charge in [0.2, 0.25) is 0 Å². The van der Waals surface area contributed by atoms with E-state index in [1.165, 1.54) is 12.0 Å². The van der Waals surface area contributed by atoms with Gasteiger partial charge in [-0.15, -0.1) is 0 Å². The van der Waals surface area contributed by atoms with Crippen molar-refractivity contribution in [2.75, 3.05) is 25.0 Å². The number of carbonyl (C=O) groups is 1. The first-order chi connectivity index (χ1) is 12.1. The molecular formula is C22H29N2O+. The van der Waals surface area contributed by atoms with Gasteiger partial charge in [-0.3, -0.25) is 4.79 Å². The smallest absolute Gasteiger partial charge is 0.279 e. The van der Waals surface area contributed by atoms with E-state index in [2.05, 4.69) is 68.6 Å². The van der Waals surface area contributed by atoms with E-state index in [0.29, 0.717) is 12.6 Å². The zero-order valence-corrected chi connectivity index (χ0v) is 15.6. The number of nitrogens with one attached hydrogen (secondary N) is 1. The minimum atomic E-state index is 0.127. The summed E-state index contributed by atoms with van der Waals surface area (Å²) in [5.74, 6) is 0.127. The molecule has 2 unspecified atom stereocenters. The maximum absolute atomic E-state index is 12.9. The number of hydrogen-bond acceptors (Lipinski definition) is 1. The predicted molar refractivity (Wildman–Crippen MR) is 103 cm³/mol. The van der Waals surface area contributed by atoms with Crippen LogP contribution in [0.15, 0.2) is 48.5 Å². The lowest BCUT2D eigenvalue weighted by atomic mass is 10.0. The molecule has 1 aliphatic rings. The Hall–Kier alpha value is -2.13. The zero-order chi connectivity index (χ0) is 17.9. The second kappa shape index (κ2) is 7.40. The van der Waals surface area contributed by atoms with Crippen molar-refractivity contribution in [2.45, 2.75) is 39.7 Å². The van der Waals surface area contributed by atoms with Gasteiger partial charge in [-0.2, -0.15) is 0 Å². The highest BCUT2D eigenvalue weighted by molar-refractivity contribution is 5.93. The fraction of sp³-hybridized carbons (Fsp3) is 0.409. The van der Waals surface area contributed by atoms with Crippen molar-refractivity contribution >= 4 is 11.6 Å². The Morgan fingerprint density at radius 2 is 1.76 bits per heavy atom. The van der Waals surface area contributed by atoms with Crippen molar-refractivity contribution in [3.05, 3.63) is 65.2 Å². The molecule has 0 bridgehead atoms. The van der Waals surface area contributed by atoms with Crippen LogP contribution in [0, 0.1) is 13.8 Å². The standard InChI is InChI=1S/C22H28N2O/c1-4-24(15-9-14-20(24)19-12-6-5-7-13-19)16-21(25)23-22-17(2)10-8-11-18(22)3/h5-8,10-13,20H,4,9,14-16H2,1-3H3/p+1. The van der Waals surface area contributed by atoms with Crippen LogP contribution in [0.4, 0.5) is 5.69 Å². The van der Waals surface area contributed by atoms with Crippen LogP contribution in [0.3, 0.4) is 0 Å². The largest absolute Gasteiger partial charge is 0.321 e. The highest BCUT2D eigenvalue weighted by atomic mass is 16.2. The maximum atomic E-state index is 12.9. The number of benzene rings is 2. The third-order valence-corrected chi connectivity index (χ3v) is 5.76. The SMILES string of the molecule is CC[N+]1(CC(=O)Nc2c(C)cccc2C)CCCC1c1ccccc1. The van der Waals surface area contributed by atoms with Gasteiger partial charge < -0.3 is 9.80 Å². The van der Waals surface area contributed by atoms with E-state index in [1.807, 2.05) is 6.07 Å². The number of nitrogens with zero attached hydrogens (tertiary/aromatic N) is 1. The van der Waals surface area contributed by atoms with Crippen molar-refractivity contribution < 1.29 is 9.28 Å². The maximum Gasteiger partial charge on any atom is 0.279 e. The number of likely N-dealkylation sites (N-methyl/N-ethyl adjacent to an activating group) is 1. The molecule has 25 heavy (non-hydrogen) atoms. The van der Waals surface area contributed by atoms with E-state index in [9.17, 15) is 4.79 Å². The van der Waals surface area contributed by atoms with E-state index >= 15 is 0 Å². The minimum Gasteiger partial charge on any atom is -0.321 e. The molecule has 3 heteroatoms. The lowest BCUT2D eigenvalue weighted by Gasteiger charge is -2.39. The van der Waals surface area contributed by atoms with Crippen LogP contribution in [0.1, 0.15) is 42.5 Å². The molecule has 2 aromatic carbocycles. The zero-order valence-electron chi connectivity index (χ0n) is 15.6. The van der Waals surface area contributed by atoms with E-state index in [-0.39, 0.29) is 5.91 Å². The van der Waals surface area contributed by atoms with Gasteiger partial charge in [-0.25, -0.2) is 0 Å². The van der Waals surface area contributed by atoms with Gasteiger partial charge in [0.1, 0.15) is 6.04 Å². The molecule has 0 aromatic heterocycles. The molecule has 0 spiro atoms. The van der Waals surface area contributed by atoms with E-state index in [0.717, 1.165) is 40.8 Å². The Kier molecular flexibility index (Phi) is 5.24. The fourth-order valence-electron chi connectivity index (χ4n) is 4.34. The molecule has 1 fully saturated rings. The summed E-state index contributed by atoms with van der Waals surface area (Å²) >= 11 is 0. The third-order valence-electron chi connectivity index (χ3n) is 5.76. The summed E-state index contributed by atoms with van der Waals surface area (Å²) in [7, 11) is 0. The number of anilines is 1. The Labute approximate surface area is 151 Å². The van der Waals surface area contributed by atoms with Gasteiger partial charge in [0.25, 0.3) is 5.91 Å². The summed E-state index contributed by atoms with van der Waals surface area (Å²) < 4.78 is 0.862. The fourth-order valence-corrected chi connectivity index (χ4v) is 4.34. The van der Waals surface area contributed by atoms with Crippen molar-refractivity contribution in [1.29, 1.82) is 0 Å². The van der Waals surface area contributed by atoms with E-state index in [4.69, 9.17) is 0 Å². The summed E-state index contributed by atoms with van der Waals surface area (Å²) in [4.78, 5) is 12.9. The molecule has 0 saturated carbocycles. The molecule has 1 saturated heterocycles. The van der Waals surface area contributed by atoms with Crippen LogP contribution < -0.4 is 5.32 Å². The van der Waals surface area contributed by atoms with Gasteiger partial charge in [-0.1, -0.05) is 48.5 Å². The lowest BCUT2D eigenvalue weighted by molar-refractivity contribution is -0.936. The van der Waals surface area contributed by atoms with Crippen molar-refractivity contribution in [3.8, 4) is 0 Å². The topological polar surface area (TPSA) is 29.1 Å². The highest BCUT2D eigenvalue weighted by Crippen LogP contribution is 2.39. The van der Waals surface area contributed by atoms with E-state index in [1.54, 1.807) is 0 Å². The van der Waals surface area contributed by atoms with Crippen LogP contribution in [-0.2, 0) is 4.79 Å². The first kappa shape index (κ1) is 17.7. The average molecular weight is 337 g/mol. The molecule has 1 N–H and O–H groups in total. The summed E-state index contributed by atoms with van der Waals surface area (Å²) in [6.45, 7) is 8.93. The highest BCUT2D eigenvalue weighted by Gasteiger charge is 2.42. The number of carbonyl (C=O) groups excluding carboxylic acids is 1. The van der Waals surface area contributed by atoms with Gasteiger partial charge in [0.05, 0.1) is 13.1 Å². The number of hydrogen-bond donors (Lipinski definition) is 1. The number of likely N-dealkylation sites (tertiary alicyclic amines) is 1. The van der Waals surface area contributed by atoms with Crippen LogP contribution >= 0.6 is 0 Å². The Morgan fingerprint density at radius 3 is 2.40 bits per heavy atom. The summed E-state index contributed by atoms with van der Waals surface area (Å²) in [6.07, 6.45) is 2.35. The Bertz CT molecular complexity index is 721. The van der Waals surface area contributed by atoms with Crippen molar-refractivity contribution in [1.82, 2.24) is 0 Å². The Morgan fingerprint density at radius 1 is 1.08 bits per heavy atom. The van der Waals surface area contributed by atoms with Crippen LogP contribution in [0.2, 0.25) is 0 Å². The lowest BCUT2D eigenvalue weighted by Crippen LogP contribution is -2.51. The minimum absolute atomic E-state index is 0.127. The first-order valence-electron chi connectivity index (χ1n) is 9.32. The molecule has 1 heterocycles.